The van der Waals surface area contributed by atoms with Gasteiger partial charge < -0.3 is 5.32 Å². The van der Waals surface area contributed by atoms with Crippen molar-refractivity contribution in [3.05, 3.63) is 29.3 Å². The molecule has 0 aromatic heterocycles. The SMILES string of the molecule is CN(N)C(=O)CCCc1ccc2c(c1)CC(=O)N2. The van der Waals surface area contributed by atoms with Crippen molar-refractivity contribution in [3.8, 4) is 0 Å². The first-order valence-electron chi connectivity index (χ1n) is 5.99. The fraction of sp³-hybridized carbons (Fsp3) is 0.385. The first kappa shape index (κ1) is 12.6. The Morgan fingerprint density at radius 3 is 3.00 bits per heavy atom. The molecule has 0 aliphatic carbocycles. The van der Waals surface area contributed by atoms with Crippen molar-refractivity contribution in [2.75, 3.05) is 12.4 Å². The fourth-order valence-electron chi connectivity index (χ4n) is 2.06. The molecule has 0 saturated carbocycles. The topological polar surface area (TPSA) is 75.4 Å². The number of hydrogen-bond acceptors (Lipinski definition) is 3. The van der Waals surface area contributed by atoms with E-state index in [0.29, 0.717) is 12.8 Å². The molecule has 96 valence electrons. The third-order valence-electron chi connectivity index (χ3n) is 3.04. The van der Waals surface area contributed by atoms with Gasteiger partial charge >= 0.3 is 0 Å². The predicted molar refractivity (Wildman–Crippen MR) is 68.7 cm³/mol. The molecule has 0 unspecified atom stereocenters. The van der Waals surface area contributed by atoms with Crippen LogP contribution >= 0.6 is 0 Å². The molecule has 1 aromatic rings. The van der Waals surface area contributed by atoms with E-state index < -0.39 is 0 Å². The molecule has 1 heterocycles. The molecule has 2 rings (SSSR count). The monoisotopic (exact) mass is 247 g/mol. The summed E-state index contributed by atoms with van der Waals surface area (Å²) in [6.07, 6.45) is 2.48. The molecule has 1 aromatic carbocycles. The number of aryl methyl sites for hydroxylation is 1. The minimum atomic E-state index is -0.0620. The van der Waals surface area contributed by atoms with Crippen LogP contribution in [0.5, 0.6) is 0 Å². The molecular weight excluding hydrogens is 230 g/mol. The molecular formula is C13H17N3O2. The van der Waals surface area contributed by atoms with Crippen LogP contribution in [-0.4, -0.2) is 23.9 Å². The Hall–Kier alpha value is -1.88. The summed E-state index contributed by atoms with van der Waals surface area (Å²) in [6, 6.07) is 5.94. The van der Waals surface area contributed by atoms with Crippen molar-refractivity contribution in [1.82, 2.24) is 5.01 Å². The number of nitrogens with zero attached hydrogens (tertiary/aromatic N) is 1. The molecule has 1 aliphatic rings. The molecule has 1 aliphatic heterocycles. The van der Waals surface area contributed by atoms with Gasteiger partial charge in [-0.05, 0) is 30.0 Å². The molecule has 2 amide bonds. The third-order valence-corrected chi connectivity index (χ3v) is 3.04. The van der Waals surface area contributed by atoms with Gasteiger partial charge in [-0.2, -0.15) is 0 Å². The van der Waals surface area contributed by atoms with Crippen LogP contribution in [-0.2, 0) is 22.4 Å². The third kappa shape index (κ3) is 2.87. The molecule has 0 radical (unpaired) electrons. The summed E-state index contributed by atoms with van der Waals surface area (Å²) in [7, 11) is 1.55. The Bertz CT molecular complexity index is 483. The predicted octanol–water partition coefficient (Wildman–Crippen LogP) is 0.836. The maximum Gasteiger partial charge on any atom is 0.236 e. The second-order valence-electron chi connectivity index (χ2n) is 4.57. The number of carbonyl (C=O) groups is 2. The van der Waals surface area contributed by atoms with Crippen LogP contribution in [0.1, 0.15) is 24.0 Å². The van der Waals surface area contributed by atoms with Gasteiger partial charge in [0.05, 0.1) is 6.42 Å². The molecule has 0 atom stereocenters. The maximum absolute atomic E-state index is 11.3. The van der Waals surface area contributed by atoms with E-state index in [1.54, 1.807) is 7.05 Å². The second-order valence-corrected chi connectivity index (χ2v) is 4.57. The molecule has 0 bridgehead atoms. The first-order valence-corrected chi connectivity index (χ1v) is 5.99. The molecule has 5 heteroatoms. The summed E-state index contributed by atoms with van der Waals surface area (Å²) < 4.78 is 0. The average Bonchev–Trinajstić information content (AvgIpc) is 2.68. The van der Waals surface area contributed by atoms with Crippen LogP contribution in [0.4, 0.5) is 5.69 Å². The highest BCUT2D eigenvalue weighted by Gasteiger charge is 2.17. The van der Waals surface area contributed by atoms with Crippen molar-refractivity contribution in [2.45, 2.75) is 25.7 Å². The van der Waals surface area contributed by atoms with Gasteiger partial charge in [0.15, 0.2) is 0 Å². The zero-order valence-corrected chi connectivity index (χ0v) is 10.4. The van der Waals surface area contributed by atoms with E-state index in [4.69, 9.17) is 5.84 Å². The van der Waals surface area contributed by atoms with E-state index in [1.807, 2.05) is 18.2 Å². The van der Waals surface area contributed by atoms with Crippen LogP contribution in [0.15, 0.2) is 18.2 Å². The zero-order chi connectivity index (χ0) is 13.1. The lowest BCUT2D eigenvalue weighted by Gasteiger charge is -2.09. The number of benzene rings is 1. The molecule has 3 N–H and O–H groups in total. The zero-order valence-electron chi connectivity index (χ0n) is 10.4. The standard InChI is InChI=1S/C13H17N3O2/c1-16(14)13(18)4-2-3-9-5-6-11-10(7-9)8-12(17)15-11/h5-7H,2-4,8,14H2,1H3,(H,15,17). The fourth-order valence-corrected chi connectivity index (χ4v) is 2.06. The highest BCUT2D eigenvalue weighted by Crippen LogP contribution is 2.24. The average molecular weight is 247 g/mol. The number of carbonyl (C=O) groups excluding carboxylic acids is 2. The van der Waals surface area contributed by atoms with Crippen molar-refractivity contribution in [1.29, 1.82) is 0 Å². The van der Waals surface area contributed by atoms with Gasteiger partial charge in [-0.25, -0.2) is 5.84 Å². The summed E-state index contributed by atoms with van der Waals surface area (Å²) in [6.45, 7) is 0. The molecule has 18 heavy (non-hydrogen) atoms. The highest BCUT2D eigenvalue weighted by molar-refractivity contribution is 5.99. The number of nitrogens with one attached hydrogen (secondary N) is 1. The summed E-state index contributed by atoms with van der Waals surface area (Å²) in [5.41, 5.74) is 3.10. The van der Waals surface area contributed by atoms with E-state index in [0.717, 1.165) is 34.7 Å². The lowest BCUT2D eigenvalue weighted by Crippen LogP contribution is -2.32. The number of hydrazine groups is 1. The second kappa shape index (κ2) is 5.18. The molecule has 5 nitrogen and oxygen atoms in total. The number of rotatable bonds is 4. The lowest BCUT2D eigenvalue weighted by molar-refractivity contribution is -0.130. The quantitative estimate of drug-likeness (QED) is 0.470. The maximum atomic E-state index is 11.3. The minimum absolute atomic E-state index is 0.0436. The van der Waals surface area contributed by atoms with Gasteiger partial charge in [0.2, 0.25) is 11.8 Å². The molecule has 0 fully saturated rings. The largest absolute Gasteiger partial charge is 0.326 e. The van der Waals surface area contributed by atoms with Gasteiger partial charge in [0.25, 0.3) is 0 Å². The summed E-state index contributed by atoms with van der Waals surface area (Å²) >= 11 is 0. The van der Waals surface area contributed by atoms with Crippen LogP contribution in [0.3, 0.4) is 0 Å². The molecule has 0 spiro atoms. The number of amides is 2. The van der Waals surface area contributed by atoms with Gasteiger partial charge in [-0.3, -0.25) is 14.6 Å². The van der Waals surface area contributed by atoms with E-state index in [1.165, 1.54) is 0 Å². The Labute approximate surface area is 106 Å². The Morgan fingerprint density at radius 1 is 1.50 bits per heavy atom. The number of nitrogens with two attached hydrogens (primary N) is 1. The van der Waals surface area contributed by atoms with Crippen molar-refractivity contribution < 1.29 is 9.59 Å². The minimum Gasteiger partial charge on any atom is -0.326 e. The lowest BCUT2D eigenvalue weighted by atomic mass is 10.0. The van der Waals surface area contributed by atoms with Gasteiger partial charge in [0.1, 0.15) is 0 Å². The van der Waals surface area contributed by atoms with Crippen LogP contribution in [0.2, 0.25) is 0 Å². The van der Waals surface area contributed by atoms with Gasteiger partial charge in [0, 0.05) is 19.2 Å². The Balaban J connectivity index is 1.90. The van der Waals surface area contributed by atoms with Crippen LogP contribution < -0.4 is 11.2 Å². The van der Waals surface area contributed by atoms with Gasteiger partial charge in [-0.1, -0.05) is 12.1 Å². The van der Waals surface area contributed by atoms with Crippen LogP contribution in [0.25, 0.3) is 0 Å². The van der Waals surface area contributed by atoms with Crippen molar-refractivity contribution in [2.24, 2.45) is 5.84 Å². The number of hydrogen-bond donors (Lipinski definition) is 2. The van der Waals surface area contributed by atoms with Crippen molar-refractivity contribution in [3.63, 3.8) is 0 Å². The van der Waals surface area contributed by atoms with E-state index in [9.17, 15) is 9.59 Å². The van der Waals surface area contributed by atoms with E-state index in [-0.39, 0.29) is 11.8 Å². The van der Waals surface area contributed by atoms with E-state index >= 15 is 0 Å². The Kier molecular flexibility index (Phi) is 3.62. The highest BCUT2D eigenvalue weighted by atomic mass is 16.2. The summed E-state index contributed by atoms with van der Waals surface area (Å²) in [5, 5.41) is 3.91. The van der Waals surface area contributed by atoms with E-state index in [2.05, 4.69) is 5.32 Å². The summed E-state index contributed by atoms with van der Waals surface area (Å²) in [5.74, 6) is 5.32. The van der Waals surface area contributed by atoms with Gasteiger partial charge in [-0.15, -0.1) is 0 Å². The van der Waals surface area contributed by atoms with Crippen molar-refractivity contribution >= 4 is 17.5 Å². The summed E-state index contributed by atoms with van der Waals surface area (Å²) in [4.78, 5) is 22.5. The number of fused-ring (bicyclic) bond motifs is 1. The Morgan fingerprint density at radius 2 is 2.28 bits per heavy atom. The molecule has 0 saturated heterocycles. The first-order chi connectivity index (χ1) is 8.56. The normalized spacial score (nSPS) is 13.1. The van der Waals surface area contributed by atoms with Crippen LogP contribution in [0, 0.1) is 0 Å². The number of anilines is 1. The smallest absolute Gasteiger partial charge is 0.236 e.